The predicted molar refractivity (Wildman–Crippen MR) is 143 cm³/mol. The first-order valence-electron chi connectivity index (χ1n) is 12.0. The van der Waals surface area contributed by atoms with E-state index in [1.54, 1.807) is 32.9 Å². The molecule has 9 heteroatoms. The fourth-order valence-corrected chi connectivity index (χ4v) is 4.48. The number of anilines is 1. The molecule has 0 saturated heterocycles. The molecule has 2 rings (SSSR count). The van der Waals surface area contributed by atoms with Crippen LogP contribution in [-0.4, -0.2) is 43.0 Å². The van der Waals surface area contributed by atoms with E-state index in [2.05, 4.69) is 30.3 Å². The average molecular weight is 515 g/mol. The van der Waals surface area contributed by atoms with Crippen LogP contribution in [0.15, 0.2) is 48.5 Å². The third kappa shape index (κ3) is 10.5. The molecule has 0 spiro atoms. The summed E-state index contributed by atoms with van der Waals surface area (Å²) < 4.78 is 10.6. The topological polar surface area (TPSA) is 114 Å². The van der Waals surface area contributed by atoms with Crippen LogP contribution in [0.25, 0.3) is 0 Å². The van der Waals surface area contributed by atoms with Crippen LogP contribution in [0.3, 0.4) is 0 Å². The van der Waals surface area contributed by atoms with Crippen molar-refractivity contribution in [3.8, 4) is 0 Å². The molecule has 36 heavy (non-hydrogen) atoms. The third-order valence-corrected chi connectivity index (χ3v) is 7.01. The van der Waals surface area contributed by atoms with Crippen molar-refractivity contribution in [2.75, 3.05) is 5.32 Å². The van der Waals surface area contributed by atoms with Gasteiger partial charge in [-0.1, -0.05) is 68.1 Å². The van der Waals surface area contributed by atoms with Crippen LogP contribution in [0, 0.1) is 0 Å². The lowest BCUT2D eigenvalue weighted by Crippen LogP contribution is -2.42. The number of hydrogen-bond acceptors (Lipinski definition) is 5. The Morgan fingerprint density at radius 2 is 1.64 bits per heavy atom. The number of benzene rings is 2. The van der Waals surface area contributed by atoms with Crippen molar-refractivity contribution in [1.29, 1.82) is 0 Å². The largest absolute Gasteiger partial charge is 0.480 e. The summed E-state index contributed by atoms with van der Waals surface area (Å²) in [5, 5.41) is 15.1. The molecule has 0 bridgehead atoms. The van der Waals surface area contributed by atoms with Gasteiger partial charge in [0, 0.05) is 20.2 Å². The quantitative estimate of drug-likeness (QED) is 0.343. The van der Waals surface area contributed by atoms with Gasteiger partial charge >= 0.3 is 18.2 Å². The zero-order valence-electron chi connectivity index (χ0n) is 22.0. The smallest absolute Gasteiger partial charge is 0.412 e. The number of alkyl carbamates (subject to hydrolysis) is 1. The fraction of sp³-hybridized carbons (Fsp3) is 0.444. The van der Waals surface area contributed by atoms with Gasteiger partial charge in [0.25, 0.3) is 0 Å². The van der Waals surface area contributed by atoms with Crippen LogP contribution >= 0.6 is 0 Å². The van der Waals surface area contributed by atoms with Crippen molar-refractivity contribution in [3.63, 3.8) is 0 Å². The van der Waals surface area contributed by atoms with Gasteiger partial charge in [0.15, 0.2) is 0 Å². The van der Waals surface area contributed by atoms with E-state index in [9.17, 15) is 19.5 Å². The fourth-order valence-electron chi connectivity index (χ4n) is 3.48. The molecule has 0 heterocycles. The molecule has 0 aliphatic rings. The van der Waals surface area contributed by atoms with Crippen molar-refractivity contribution in [3.05, 3.63) is 65.2 Å². The van der Waals surface area contributed by atoms with E-state index in [1.807, 2.05) is 36.4 Å². The number of carbonyl (C=O) groups is 3. The maximum Gasteiger partial charge on any atom is 0.412 e. The molecule has 1 atom stereocenters. The first-order valence-corrected chi connectivity index (χ1v) is 15.7. The molecule has 2 aromatic rings. The second-order valence-electron chi connectivity index (χ2n) is 10.9. The molecule has 0 aromatic heterocycles. The van der Waals surface area contributed by atoms with E-state index in [4.69, 9.17) is 9.47 Å². The van der Waals surface area contributed by atoms with Crippen molar-refractivity contribution in [2.24, 2.45) is 0 Å². The van der Waals surface area contributed by atoms with Gasteiger partial charge in [-0.2, -0.15) is 0 Å². The molecule has 0 radical (unpaired) electrons. The Bertz CT molecular complexity index is 1040. The van der Waals surface area contributed by atoms with Gasteiger partial charge in [0.05, 0.1) is 0 Å². The normalized spacial score (nSPS) is 12.4. The Hall–Kier alpha value is -3.33. The highest BCUT2D eigenvalue weighted by Gasteiger charge is 2.25. The van der Waals surface area contributed by atoms with E-state index < -0.39 is 37.9 Å². The van der Waals surface area contributed by atoms with Gasteiger partial charge in [-0.05, 0) is 49.9 Å². The van der Waals surface area contributed by atoms with Crippen LogP contribution in [-0.2, 0) is 33.7 Å². The summed E-state index contributed by atoms with van der Waals surface area (Å²) in [7, 11) is -1.44. The second-order valence-corrected chi connectivity index (χ2v) is 16.6. The lowest BCUT2D eigenvalue weighted by molar-refractivity contribution is -0.139. The van der Waals surface area contributed by atoms with Gasteiger partial charge in [-0.15, -0.1) is 0 Å². The number of carbonyl (C=O) groups excluding carboxylic acids is 2. The number of nitrogens with one attached hydrogen (secondary N) is 2. The number of amides is 2. The Morgan fingerprint density at radius 1 is 0.972 bits per heavy atom. The van der Waals surface area contributed by atoms with Crippen LogP contribution in [0.2, 0.25) is 25.7 Å². The van der Waals surface area contributed by atoms with Gasteiger partial charge in [-0.3, -0.25) is 5.32 Å². The lowest BCUT2D eigenvalue weighted by Gasteiger charge is -2.23. The number of carboxylic acids is 1. The predicted octanol–water partition coefficient (Wildman–Crippen LogP) is 5.84. The molecule has 0 aliphatic carbocycles. The van der Waals surface area contributed by atoms with Gasteiger partial charge < -0.3 is 19.9 Å². The SMILES string of the molecule is CC(C)(C)OC(=O)Nc1cccc(C[C@H](NC(=O)OCc2ccccc2)C(=O)O)c1CC[Si](C)(C)C. The first-order chi connectivity index (χ1) is 16.7. The van der Waals surface area contributed by atoms with Crippen molar-refractivity contribution < 1.29 is 29.0 Å². The molecule has 0 fully saturated rings. The van der Waals surface area contributed by atoms with Crippen molar-refractivity contribution >= 4 is 31.9 Å². The van der Waals surface area contributed by atoms with Gasteiger partial charge in [0.2, 0.25) is 0 Å². The number of carboxylic acid groups (broad SMARTS) is 1. The standard InChI is InChI=1S/C27H38N2O6Si/c1-27(2,3)35-26(33)28-22-14-10-13-20(21(22)15-16-36(4,5)6)17-23(24(30)31)29-25(32)34-18-19-11-8-7-9-12-19/h7-14,23H,15-18H2,1-6H3,(H,28,33)(H,29,32)(H,30,31)/t23-/m0/s1. The number of aliphatic carboxylic acids is 1. The average Bonchev–Trinajstić information content (AvgIpc) is 2.75. The minimum Gasteiger partial charge on any atom is -0.480 e. The second kappa shape index (κ2) is 12.6. The summed E-state index contributed by atoms with van der Waals surface area (Å²) >= 11 is 0. The molecule has 0 aliphatic heterocycles. The van der Waals surface area contributed by atoms with Crippen LogP contribution < -0.4 is 10.6 Å². The highest BCUT2D eigenvalue weighted by molar-refractivity contribution is 6.76. The molecule has 0 saturated carbocycles. The molecule has 2 aromatic carbocycles. The molecular formula is C27H38N2O6Si. The van der Waals surface area contributed by atoms with E-state index in [0.29, 0.717) is 12.1 Å². The minimum atomic E-state index is -1.44. The first kappa shape index (κ1) is 28.9. The minimum absolute atomic E-state index is 0.0375. The molecular weight excluding hydrogens is 476 g/mol. The maximum atomic E-state index is 12.5. The highest BCUT2D eigenvalue weighted by atomic mass is 28.3. The van der Waals surface area contributed by atoms with Gasteiger partial charge in [-0.25, -0.2) is 14.4 Å². The molecule has 0 unspecified atom stereocenters. The summed E-state index contributed by atoms with van der Waals surface area (Å²) in [5.74, 6) is -1.17. The summed E-state index contributed by atoms with van der Waals surface area (Å²) in [4.78, 5) is 36.8. The van der Waals surface area contributed by atoms with Crippen LogP contribution in [0.5, 0.6) is 0 Å². The third-order valence-electron chi connectivity index (χ3n) is 5.26. The van der Waals surface area contributed by atoms with E-state index in [0.717, 1.165) is 22.7 Å². The molecule has 196 valence electrons. The van der Waals surface area contributed by atoms with Crippen LogP contribution in [0.1, 0.15) is 37.5 Å². The Balaban J connectivity index is 2.22. The monoisotopic (exact) mass is 514 g/mol. The number of rotatable bonds is 10. The van der Waals surface area contributed by atoms with Crippen LogP contribution in [0.4, 0.5) is 15.3 Å². The summed E-state index contributed by atoms with van der Waals surface area (Å²) in [6.45, 7) is 12.2. The lowest BCUT2D eigenvalue weighted by atomic mass is 9.97. The Labute approximate surface area is 214 Å². The Kier molecular flexibility index (Phi) is 10.1. The molecule has 8 nitrogen and oxygen atoms in total. The van der Waals surface area contributed by atoms with Crippen molar-refractivity contribution in [1.82, 2.24) is 5.32 Å². The zero-order chi connectivity index (χ0) is 26.9. The van der Waals surface area contributed by atoms with E-state index in [1.165, 1.54) is 0 Å². The summed E-state index contributed by atoms with van der Waals surface area (Å²) in [6, 6.07) is 14.3. The molecule has 3 N–H and O–H groups in total. The van der Waals surface area contributed by atoms with Crippen molar-refractivity contribution in [2.45, 2.75) is 77.5 Å². The Morgan fingerprint density at radius 3 is 2.22 bits per heavy atom. The number of ether oxygens (including phenoxy) is 2. The maximum absolute atomic E-state index is 12.5. The van der Waals surface area contributed by atoms with Gasteiger partial charge in [0.1, 0.15) is 18.2 Å². The van der Waals surface area contributed by atoms with E-state index in [-0.39, 0.29) is 13.0 Å². The highest BCUT2D eigenvalue weighted by Crippen LogP contribution is 2.26. The molecule has 2 amide bonds. The summed E-state index contributed by atoms with van der Waals surface area (Å²) in [6.07, 6.45) is -0.674. The number of hydrogen-bond donors (Lipinski definition) is 3. The summed E-state index contributed by atoms with van der Waals surface area (Å²) in [5.41, 5.74) is 2.30. The zero-order valence-corrected chi connectivity index (χ0v) is 23.0. The van der Waals surface area contributed by atoms with E-state index >= 15 is 0 Å².